The van der Waals surface area contributed by atoms with E-state index in [9.17, 15) is 15.3 Å². The normalized spacial score (nSPS) is 39.9. The lowest BCUT2D eigenvalue weighted by Gasteiger charge is -2.40. The zero-order valence-electron chi connectivity index (χ0n) is 11.7. The summed E-state index contributed by atoms with van der Waals surface area (Å²) in [6, 6.07) is 0. The predicted molar refractivity (Wildman–Crippen MR) is 70.9 cm³/mol. The van der Waals surface area contributed by atoms with Crippen molar-refractivity contribution < 1.29 is 29.9 Å². The fourth-order valence-corrected chi connectivity index (χ4v) is 3.11. The number of rotatable bonds is 5. The smallest absolute Gasteiger partial charge is 0.184 e. The number of aliphatic hydroxyl groups is 4. The van der Waals surface area contributed by atoms with Crippen LogP contribution >= 0.6 is 0 Å². The van der Waals surface area contributed by atoms with Gasteiger partial charge in [-0.15, -0.1) is 0 Å². The van der Waals surface area contributed by atoms with E-state index in [1.807, 2.05) is 0 Å². The van der Waals surface area contributed by atoms with Crippen LogP contribution in [-0.2, 0) is 9.47 Å². The van der Waals surface area contributed by atoms with E-state index in [1.54, 1.807) is 0 Å². The molecule has 6 nitrogen and oxygen atoms in total. The van der Waals surface area contributed by atoms with Gasteiger partial charge >= 0.3 is 0 Å². The van der Waals surface area contributed by atoms with Crippen LogP contribution in [-0.4, -0.2) is 64.3 Å². The maximum absolute atomic E-state index is 9.97. The minimum Gasteiger partial charge on any atom is -0.394 e. The van der Waals surface area contributed by atoms with E-state index < -0.39 is 37.3 Å². The Hall–Kier alpha value is -0.240. The molecule has 0 bridgehead atoms. The average Bonchev–Trinajstić information content (AvgIpc) is 2.47. The molecule has 2 rings (SSSR count). The van der Waals surface area contributed by atoms with Crippen molar-refractivity contribution in [2.24, 2.45) is 5.92 Å². The van der Waals surface area contributed by atoms with Crippen molar-refractivity contribution in [2.45, 2.75) is 69.2 Å². The molecule has 2 aliphatic rings. The zero-order valence-corrected chi connectivity index (χ0v) is 11.7. The van der Waals surface area contributed by atoms with Gasteiger partial charge < -0.3 is 29.9 Å². The van der Waals surface area contributed by atoms with Crippen LogP contribution in [0.15, 0.2) is 0 Å². The molecule has 4 N–H and O–H groups in total. The van der Waals surface area contributed by atoms with E-state index in [2.05, 4.69) is 0 Å². The van der Waals surface area contributed by atoms with Crippen LogP contribution in [0.3, 0.4) is 0 Å². The summed E-state index contributed by atoms with van der Waals surface area (Å²) in [6.07, 6.45) is 1.45. The summed E-state index contributed by atoms with van der Waals surface area (Å²) in [5.74, 6) is 0.649. The molecule has 118 valence electrons. The van der Waals surface area contributed by atoms with Gasteiger partial charge in [0.05, 0.1) is 6.61 Å². The van der Waals surface area contributed by atoms with E-state index in [0.29, 0.717) is 12.5 Å². The van der Waals surface area contributed by atoms with Crippen LogP contribution in [0.25, 0.3) is 0 Å². The second-order valence-corrected chi connectivity index (χ2v) is 5.86. The largest absolute Gasteiger partial charge is 0.394 e. The summed E-state index contributed by atoms with van der Waals surface area (Å²) in [5, 5.41) is 38.4. The van der Waals surface area contributed by atoms with Crippen LogP contribution < -0.4 is 0 Å². The quantitative estimate of drug-likeness (QED) is 0.558. The summed E-state index contributed by atoms with van der Waals surface area (Å²) >= 11 is 0. The van der Waals surface area contributed by atoms with E-state index in [1.165, 1.54) is 32.1 Å². The molecule has 1 heterocycles. The number of hydrogen-bond acceptors (Lipinski definition) is 6. The highest BCUT2D eigenvalue weighted by molar-refractivity contribution is 4.89. The highest BCUT2D eigenvalue weighted by Crippen LogP contribution is 2.27. The summed E-state index contributed by atoms with van der Waals surface area (Å²) in [7, 11) is 0. The summed E-state index contributed by atoms with van der Waals surface area (Å²) in [4.78, 5) is 0. The first-order valence-electron chi connectivity index (χ1n) is 7.55. The van der Waals surface area contributed by atoms with Crippen LogP contribution in [0.4, 0.5) is 0 Å². The van der Waals surface area contributed by atoms with Crippen molar-refractivity contribution in [1.82, 2.24) is 0 Å². The minimum absolute atomic E-state index is 0.423. The Bertz CT molecular complexity index is 281. The molecule has 6 heteroatoms. The molecule has 1 saturated carbocycles. The molecule has 0 aromatic rings. The molecule has 0 amide bonds. The Balaban J connectivity index is 1.79. The number of hydrogen-bond donors (Lipinski definition) is 4. The van der Waals surface area contributed by atoms with Gasteiger partial charge in [0, 0.05) is 6.61 Å². The molecule has 0 radical (unpaired) electrons. The molecule has 1 aliphatic heterocycles. The molecule has 0 spiro atoms. The van der Waals surface area contributed by atoms with Crippen molar-refractivity contribution in [1.29, 1.82) is 0 Å². The lowest BCUT2D eigenvalue weighted by atomic mass is 9.87. The van der Waals surface area contributed by atoms with Crippen molar-refractivity contribution in [2.75, 3.05) is 13.2 Å². The topological polar surface area (TPSA) is 99.4 Å². The molecule has 3 unspecified atom stereocenters. The Morgan fingerprint density at radius 2 is 1.70 bits per heavy atom. The van der Waals surface area contributed by atoms with Gasteiger partial charge in [0.2, 0.25) is 0 Å². The third-order valence-electron chi connectivity index (χ3n) is 4.40. The van der Waals surface area contributed by atoms with Crippen LogP contribution in [0.1, 0.15) is 38.5 Å². The summed E-state index contributed by atoms with van der Waals surface area (Å²) < 4.78 is 10.5. The zero-order chi connectivity index (χ0) is 14.5. The molecule has 0 aromatic carbocycles. The van der Waals surface area contributed by atoms with Crippen molar-refractivity contribution in [3.63, 3.8) is 0 Å². The second kappa shape index (κ2) is 7.68. The predicted octanol–water partition coefficient (Wildman–Crippen LogP) is -0.227. The van der Waals surface area contributed by atoms with Gasteiger partial charge in [0.15, 0.2) is 6.29 Å². The second-order valence-electron chi connectivity index (χ2n) is 5.86. The molecule has 0 aromatic heterocycles. The maximum Gasteiger partial charge on any atom is 0.184 e. The molecule has 1 saturated heterocycles. The number of ether oxygens (including phenoxy) is 2. The molecular weight excluding hydrogens is 264 g/mol. The van der Waals surface area contributed by atoms with Gasteiger partial charge in [0.1, 0.15) is 24.4 Å². The summed E-state index contributed by atoms with van der Waals surface area (Å²) in [6.45, 7) is 0.0156. The van der Waals surface area contributed by atoms with Gasteiger partial charge in [-0.2, -0.15) is 0 Å². The molecule has 5 atom stereocenters. The van der Waals surface area contributed by atoms with Gasteiger partial charge in [-0.3, -0.25) is 0 Å². The van der Waals surface area contributed by atoms with Gasteiger partial charge in [-0.05, 0) is 12.3 Å². The number of aliphatic hydroxyl groups excluding tert-OH is 4. The summed E-state index contributed by atoms with van der Waals surface area (Å²) in [5.41, 5.74) is 0. The molecule has 2 fully saturated rings. The van der Waals surface area contributed by atoms with Crippen LogP contribution in [0.2, 0.25) is 0 Å². The highest BCUT2D eigenvalue weighted by Gasteiger charge is 2.44. The van der Waals surface area contributed by atoms with Crippen molar-refractivity contribution >= 4 is 0 Å². The van der Waals surface area contributed by atoms with E-state index in [-0.39, 0.29) is 0 Å². The Labute approximate surface area is 119 Å². The first-order valence-corrected chi connectivity index (χ1v) is 7.55. The van der Waals surface area contributed by atoms with Gasteiger partial charge in [-0.25, -0.2) is 0 Å². The van der Waals surface area contributed by atoms with Crippen molar-refractivity contribution in [3.05, 3.63) is 0 Å². The Morgan fingerprint density at radius 3 is 2.35 bits per heavy atom. The Kier molecular flexibility index (Phi) is 6.20. The Morgan fingerprint density at radius 1 is 1.00 bits per heavy atom. The van der Waals surface area contributed by atoms with E-state index in [4.69, 9.17) is 14.6 Å². The van der Waals surface area contributed by atoms with Crippen LogP contribution in [0.5, 0.6) is 0 Å². The third-order valence-corrected chi connectivity index (χ3v) is 4.40. The van der Waals surface area contributed by atoms with E-state index >= 15 is 0 Å². The van der Waals surface area contributed by atoms with Gasteiger partial charge in [0.25, 0.3) is 0 Å². The molecular formula is C14H26O6. The minimum atomic E-state index is -1.43. The van der Waals surface area contributed by atoms with E-state index in [0.717, 1.165) is 6.42 Å². The standard InChI is InChI=1S/C14H26O6/c15-8-10-11(16)13(12(17)14(18)20-10)19-7-6-9-4-2-1-3-5-9/h9-18H,1-8H2/t10?,11-,12?,13-,14?/m0/s1. The third kappa shape index (κ3) is 3.90. The fraction of sp³-hybridized carbons (Fsp3) is 1.00. The maximum atomic E-state index is 9.97. The molecule has 20 heavy (non-hydrogen) atoms. The first kappa shape index (κ1) is 16.1. The monoisotopic (exact) mass is 290 g/mol. The van der Waals surface area contributed by atoms with Crippen molar-refractivity contribution in [3.8, 4) is 0 Å². The van der Waals surface area contributed by atoms with Crippen LogP contribution in [0, 0.1) is 5.92 Å². The molecule has 1 aliphatic carbocycles. The first-order chi connectivity index (χ1) is 9.63. The van der Waals surface area contributed by atoms with Gasteiger partial charge in [-0.1, -0.05) is 32.1 Å². The SMILES string of the molecule is OCC1OC(O)C(O)[C@@H](OCCC2CCCCC2)[C@H]1O. The highest BCUT2D eigenvalue weighted by atomic mass is 16.6. The fourth-order valence-electron chi connectivity index (χ4n) is 3.11. The lowest BCUT2D eigenvalue weighted by Crippen LogP contribution is -2.59. The lowest BCUT2D eigenvalue weighted by molar-refractivity contribution is -0.294. The average molecular weight is 290 g/mol.